The van der Waals surface area contributed by atoms with Gasteiger partial charge < -0.3 is 15.0 Å². The van der Waals surface area contributed by atoms with Gasteiger partial charge in [-0.05, 0) is 82.5 Å². The molecule has 6 nitrogen and oxygen atoms in total. The number of pyridine rings is 1. The zero-order valence-corrected chi connectivity index (χ0v) is 22.4. The Hall–Kier alpha value is -2.68. The molecule has 0 spiro atoms. The number of nitrogens with one attached hydrogen (secondary N) is 1. The van der Waals surface area contributed by atoms with Crippen molar-refractivity contribution in [1.29, 1.82) is 0 Å². The number of carbonyl (C=O) groups is 1. The van der Waals surface area contributed by atoms with Crippen molar-refractivity contribution in [3.05, 3.63) is 52.7 Å². The number of rotatable bonds is 12. The first kappa shape index (κ1) is 28.3. The van der Waals surface area contributed by atoms with Crippen LogP contribution in [0.25, 0.3) is 0 Å². The Labute approximate surface area is 223 Å². The summed E-state index contributed by atoms with van der Waals surface area (Å²) >= 11 is 0. The summed E-state index contributed by atoms with van der Waals surface area (Å²) < 4.78 is 45.1. The summed E-state index contributed by atoms with van der Waals surface area (Å²) in [7, 11) is 0. The first-order valence-corrected chi connectivity index (χ1v) is 13.9. The van der Waals surface area contributed by atoms with Crippen molar-refractivity contribution in [2.24, 2.45) is 4.99 Å². The van der Waals surface area contributed by atoms with E-state index in [1.54, 1.807) is 0 Å². The molecule has 0 radical (unpaired) electrons. The number of halogens is 3. The highest BCUT2D eigenvalue weighted by atomic mass is 19.4. The van der Waals surface area contributed by atoms with Gasteiger partial charge in [-0.2, -0.15) is 13.2 Å². The largest absolute Gasteiger partial charge is 0.429 e. The van der Waals surface area contributed by atoms with E-state index in [1.807, 2.05) is 0 Å². The number of hydrogen-bond acceptors (Lipinski definition) is 6. The highest BCUT2D eigenvalue weighted by Gasteiger charge is 2.35. The zero-order chi connectivity index (χ0) is 27.1. The molecule has 38 heavy (non-hydrogen) atoms. The van der Waals surface area contributed by atoms with E-state index in [2.05, 4.69) is 41.2 Å². The molecule has 3 heterocycles. The number of hydrogen-bond donors (Lipinski definition) is 1. The van der Waals surface area contributed by atoms with E-state index in [-0.39, 0.29) is 12.2 Å². The lowest BCUT2D eigenvalue weighted by atomic mass is 10.1. The lowest BCUT2D eigenvalue weighted by Gasteiger charge is -2.26. The van der Waals surface area contributed by atoms with E-state index in [4.69, 9.17) is 9.72 Å². The van der Waals surface area contributed by atoms with Crippen molar-refractivity contribution in [1.82, 2.24) is 15.2 Å². The zero-order valence-electron chi connectivity index (χ0n) is 22.4. The summed E-state index contributed by atoms with van der Waals surface area (Å²) in [6.45, 7) is 5.94. The van der Waals surface area contributed by atoms with E-state index in [9.17, 15) is 18.0 Å². The molecule has 0 amide bonds. The number of alkyl halides is 3. The van der Waals surface area contributed by atoms with Gasteiger partial charge in [-0.15, -0.1) is 0 Å². The Morgan fingerprint density at radius 1 is 1.11 bits per heavy atom. The fraction of sp³-hybridized carbons (Fsp3) is 0.621. The van der Waals surface area contributed by atoms with Crippen molar-refractivity contribution in [3.8, 4) is 0 Å². The molecule has 1 fully saturated rings. The van der Waals surface area contributed by atoms with Crippen LogP contribution >= 0.6 is 0 Å². The number of aryl methyl sites for hydroxylation is 3. The van der Waals surface area contributed by atoms with E-state index in [0.29, 0.717) is 31.3 Å². The maximum Gasteiger partial charge on any atom is 0.417 e. The Kier molecular flexibility index (Phi) is 9.63. The predicted octanol–water partition coefficient (Wildman–Crippen LogP) is 5.95. The van der Waals surface area contributed by atoms with Gasteiger partial charge in [0.1, 0.15) is 11.6 Å². The summed E-state index contributed by atoms with van der Waals surface area (Å²) in [6.07, 6.45) is 7.15. The number of carbonyl (C=O) groups excluding carboxylic acids is 1. The first-order valence-electron chi connectivity index (χ1n) is 13.9. The summed E-state index contributed by atoms with van der Waals surface area (Å²) in [5, 5.41) is 2.68. The fourth-order valence-corrected chi connectivity index (χ4v) is 4.97. The van der Waals surface area contributed by atoms with E-state index in [0.717, 1.165) is 68.7 Å². The molecule has 1 atom stereocenters. The average Bonchev–Trinajstić information content (AvgIpc) is 3.69. The Balaban J connectivity index is 1.29. The van der Waals surface area contributed by atoms with Crippen LogP contribution in [0.4, 0.5) is 13.2 Å². The van der Waals surface area contributed by atoms with Crippen molar-refractivity contribution in [3.63, 3.8) is 0 Å². The summed E-state index contributed by atoms with van der Waals surface area (Å²) in [6, 6.07) is 4.18. The number of amidine groups is 1. The van der Waals surface area contributed by atoms with Crippen molar-refractivity contribution < 1.29 is 22.7 Å². The summed E-state index contributed by atoms with van der Waals surface area (Å²) in [4.78, 5) is 24.5. The van der Waals surface area contributed by atoms with Crippen LogP contribution in [-0.2, 0) is 22.4 Å². The second kappa shape index (κ2) is 12.9. The van der Waals surface area contributed by atoms with Gasteiger partial charge in [0.05, 0.1) is 5.57 Å². The standard InChI is InChI=1S/C29H39F3N4O2/c1-3-4-7-21-9-10-23(34-20(21)2)8-5-6-16-36(24-11-12-24)17-15-26-28(37)38-25-13-14-27(35-26)33-19-22(18-25)29(30,31)32/h9-10,18-19,24,26H,3-8,11-17H2,1-2H3,(H,33,35)/b22-19+,25-18?. The molecule has 0 aromatic carbocycles. The SMILES string of the molecule is CCCCc1ccc(CCCCN(CCC2N=C3CCC(=C/C(C(F)(F)F)=C\N3)OC2=O)C2CC2)nc1C. The molecule has 3 aliphatic rings. The average molecular weight is 533 g/mol. The number of nitrogens with zero attached hydrogens (tertiary/aromatic N) is 3. The topological polar surface area (TPSA) is 66.8 Å². The molecule has 1 saturated carbocycles. The van der Waals surface area contributed by atoms with Gasteiger partial charge in [-0.25, -0.2) is 4.79 Å². The number of fused-ring (bicyclic) bond motifs is 3. The lowest BCUT2D eigenvalue weighted by molar-refractivity contribution is -0.141. The van der Waals surface area contributed by atoms with E-state index >= 15 is 0 Å². The van der Waals surface area contributed by atoms with Crippen LogP contribution in [-0.4, -0.2) is 53.0 Å². The van der Waals surface area contributed by atoms with Gasteiger partial charge in [0, 0.05) is 43.0 Å². The molecule has 1 N–H and O–H groups in total. The van der Waals surface area contributed by atoms with Crippen LogP contribution in [0.2, 0.25) is 0 Å². The van der Waals surface area contributed by atoms with Crippen LogP contribution < -0.4 is 5.32 Å². The quantitative estimate of drug-likeness (QED) is 0.266. The first-order chi connectivity index (χ1) is 18.2. The molecule has 1 aromatic heterocycles. The Morgan fingerprint density at radius 3 is 2.63 bits per heavy atom. The second-order valence-corrected chi connectivity index (χ2v) is 10.5. The third-order valence-corrected chi connectivity index (χ3v) is 7.40. The molecule has 9 heteroatoms. The van der Waals surface area contributed by atoms with Gasteiger partial charge in [-0.1, -0.05) is 19.4 Å². The highest BCUT2D eigenvalue weighted by molar-refractivity contribution is 5.88. The van der Waals surface area contributed by atoms with Crippen LogP contribution in [0, 0.1) is 6.92 Å². The minimum absolute atomic E-state index is 0.0405. The van der Waals surface area contributed by atoms with Crippen LogP contribution in [0.3, 0.4) is 0 Å². The van der Waals surface area contributed by atoms with Gasteiger partial charge in [0.2, 0.25) is 0 Å². The number of unbranched alkanes of at least 4 members (excludes halogenated alkanes) is 2. The van der Waals surface area contributed by atoms with Gasteiger partial charge in [0.25, 0.3) is 0 Å². The molecule has 1 aliphatic carbocycles. The maximum absolute atomic E-state index is 13.2. The minimum Gasteiger partial charge on any atom is -0.429 e. The Morgan fingerprint density at radius 2 is 1.92 bits per heavy atom. The summed E-state index contributed by atoms with van der Waals surface area (Å²) in [5.74, 6) is -0.155. The van der Waals surface area contributed by atoms with Crippen molar-refractivity contribution >= 4 is 11.8 Å². The molecule has 2 bridgehead atoms. The van der Waals surface area contributed by atoms with E-state index < -0.39 is 23.8 Å². The lowest BCUT2D eigenvalue weighted by Crippen LogP contribution is -2.35. The molecule has 208 valence electrons. The number of esters is 1. The fourth-order valence-electron chi connectivity index (χ4n) is 4.97. The predicted molar refractivity (Wildman–Crippen MR) is 142 cm³/mol. The number of aliphatic imine (C=N–C) groups is 1. The number of ether oxygens (including phenoxy) is 1. The molecule has 2 aliphatic heterocycles. The van der Waals surface area contributed by atoms with Gasteiger partial charge in [0.15, 0.2) is 6.04 Å². The maximum atomic E-state index is 13.2. The van der Waals surface area contributed by atoms with Crippen molar-refractivity contribution in [2.45, 2.75) is 103 Å². The van der Waals surface area contributed by atoms with Crippen LogP contribution in [0.1, 0.15) is 81.7 Å². The molecule has 0 saturated heterocycles. The highest BCUT2D eigenvalue weighted by Crippen LogP contribution is 2.31. The smallest absolute Gasteiger partial charge is 0.417 e. The molecular formula is C29H39F3N4O2. The molecule has 1 aromatic rings. The molecular weight excluding hydrogens is 493 g/mol. The minimum atomic E-state index is -4.54. The normalized spacial score (nSPS) is 21.4. The third-order valence-electron chi connectivity index (χ3n) is 7.40. The van der Waals surface area contributed by atoms with Crippen LogP contribution in [0.15, 0.2) is 40.7 Å². The number of aromatic nitrogens is 1. The van der Waals surface area contributed by atoms with Crippen LogP contribution in [0.5, 0.6) is 0 Å². The van der Waals surface area contributed by atoms with E-state index in [1.165, 1.54) is 18.4 Å². The van der Waals surface area contributed by atoms with Gasteiger partial charge in [-0.3, -0.25) is 9.98 Å². The Bertz CT molecular complexity index is 1080. The summed E-state index contributed by atoms with van der Waals surface area (Å²) in [5.41, 5.74) is 2.73. The molecule has 4 rings (SSSR count). The third kappa shape index (κ3) is 8.16. The number of allylic oxidation sites excluding steroid dienone is 3. The monoisotopic (exact) mass is 532 g/mol. The molecule has 1 unspecified atom stereocenters. The van der Waals surface area contributed by atoms with Gasteiger partial charge >= 0.3 is 12.1 Å². The second-order valence-electron chi connectivity index (χ2n) is 10.5. The van der Waals surface area contributed by atoms with Crippen molar-refractivity contribution in [2.75, 3.05) is 13.1 Å².